The first-order valence-corrected chi connectivity index (χ1v) is 17.2. The molecule has 2 amide bonds. The van der Waals surface area contributed by atoms with Crippen LogP contribution in [0.15, 0.2) is 36.5 Å². The zero-order valence-corrected chi connectivity index (χ0v) is 29.7. The average molecular weight is 674 g/mol. The quantitative estimate of drug-likeness (QED) is 0.374. The van der Waals surface area contributed by atoms with Crippen LogP contribution in [0.3, 0.4) is 0 Å². The summed E-state index contributed by atoms with van der Waals surface area (Å²) in [6, 6.07) is 10.5. The Kier molecular flexibility index (Phi) is 9.48. The van der Waals surface area contributed by atoms with Gasteiger partial charge in [0, 0.05) is 74.4 Å². The van der Waals surface area contributed by atoms with E-state index in [0.717, 1.165) is 29.1 Å². The van der Waals surface area contributed by atoms with E-state index in [9.17, 15) is 19.2 Å². The lowest BCUT2D eigenvalue weighted by atomic mass is 9.90. The van der Waals surface area contributed by atoms with Crippen LogP contribution in [0.1, 0.15) is 71.0 Å². The Morgan fingerprint density at radius 2 is 1.86 bits per heavy atom. The third kappa shape index (κ3) is 7.30. The van der Waals surface area contributed by atoms with Crippen molar-refractivity contribution in [1.82, 2.24) is 24.1 Å². The highest BCUT2D eigenvalue weighted by atomic mass is 19.1. The molecule has 0 aliphatic carbocycles. The summed E-state index contributed by atoms with van der Waals surface area (Å²) in [6.45, 7) is 18.4. The number of aromatic nitrogens is 2. The normalized spacial score (nSPS) is 23.0. The van der Waals surface area contributed by atoms with Gasteiger partial charge in [0.2, 0.25) is 5.91 Å². The van der Waals surface area contributed by atoms with Crippen molar-refractivity contribution in [3.8, 4) is 6.07 Å². The molecule has 2 saturated heterocycles. The van der Waals surface area contributed by atoms with Gasteiger partial charge >= 0.3 is 6.09 Å². The third-order valence-electron chi connectivity index (χ3n) is 9.87. The highest BCUT2D eigenvalue weighted by Crippen LogP contribution is 2.42. The van der Waals surface area contributed by atoms with Crippen LogP contribution in [0.5, 0.6) is 0 Å². The zero-order valence-electron chi connectivity index (χ0n) is 29.7. The fourth-order valence-corrected chi connectivity index (χ4v) is 7.47. The standard InChI is InChI=1S/C37H48FN7O4/c1-24-17-42(30(19-41-12-13-48-22-25(41)2)20-43(24)35(47)49-36(3,4)5)21-32(46)45-23-37(6,7)33-31(45)15-27(14-26-8-10-28(38)11-9-26)34-40-29(16-39)18-44(33)34/h8-11,15,18,24-25,30H,12-14,17,19-23H2,1-7H3/t24-,25-,30+/m1/s1. The van der Waals surface area contributed by atoms with Crippen molar-refractivity contribution in [2.45, 2.75) is 84.0 Å². The lowest BCUT2D eigenvalue weighted by molar-refractivity contribution is -0.121. The lowest BCUT2D eigenvalue weighted by Crippen LogP contribution is -2.64. The molecule has 0 radical (unpaired) electrons. The Balaban J connectivity index is 1.31. The molecule has 0 unspecified atom stereocenters. The average Bonchev–Trinajstić information content (AvgIpc) is 3.58. The summed E-state index contributed by atoms with van der Waals surface area (Å²) in [7, 11) is 0. The molecule has 3 aliphatic rings. The van der Waals surface area contributed by atoms with Gasteiger partial charge in [-0.2, -0.15) is 5.26 Å². The largest absolute Gasteiger partial charge is 0.444 e. The number of hydrogen-bond donors (Lipinski definition) is 0. The van der Waals surface area contributed by atoms with Crippen molar-refractivity contribution in [1.29, 1.82) is 5.26 Å². The molecule has 0 saturated carbocycles. The van der Waals surface area contributed by atoms with Crippen molar-refractivity contribution >= 4 is 23.3 Å². The highest BCUT2D eigenvalue weighted by Gasteiger charge is 2.43. The van der Waals surface area contributed by atoms with Crippen LogP contribution < -0.4 is 4.90 Å². The zero-order chi connectivity index (χ0) is 35.2. The van der Waals surface area contributed by atoms with Gasteiger partial charge in [-0.1, -0.05) is 26.0 Å². The van der Waals surface area contributed by atoms with E-state index in [2.05, 4.69) is 41.6 Å². The number of benzene rings is 1. The number of ether oxygens (including phenoxy) is 2. The lowest BCUT2D eigenvalue weighted by Gasteiger charge is -2.47. The van der Waals surface area contributed by atoms with Gasteiger partial charge in [-0.15, -0.1) is 0 Å². The van der Waals surface area contributed by atoms with Crippen LogP contribution in [0.2, 0.25) is 0 Å². The number of hydrogen-bond acceptors (Lipinski definition) is 8. The summed E-state index contributed by atoms with van der Waals surface area (Å²) in [5.74, 6) is -0.339. The SMILES string of the molecule is C[C@@H]1COCCN1C[C@H]1CN(C(=O)OC(C)(C)C)[C@H](C)CN1CC(=O)N1CC(C)(C)c2c1cc(Cc1ccc(F)cc1)c1nc(C#N)cn21. The van der Waals surface area contributed by atoms with Gasteiger partial charge in [-0.25, -0.2) is 14.2 Å². The molecule has 0 bridgehead atoms. The number of morpholine rings is 1. The molecule has 5 heterocycles. The minimum atomic E-state index is -0.613. The van der Waals surface area contributed by atoms with E-state index in [1.54, 1.807) is 23.2 Å². The summed E-state index contributed by atoms with van der Waals surface area (Å²) in [5.41, 5.74) is 3.39. The van der Waals surface area contributed by atoms with Crippen molar-refractivity contribution in [3.05, 3.63) is 64.9 Å². The van der Waals surface area contributed by atoms with Gasteiger partial charge in [0.1, 0.15) is 23.1 Å². The molecule has 12 heteroatoms. The maximum Gasteiger partial charge on any atom is 0.410 e. The molecule has 49 heavy (non-hydrogen) atoms. The fourth-order valence-electron chi connectivity index (χ4n) is 7.47. The molecular weight excluding hydrogens is 625 g/mol. The predicted molar refractivity (Wildman–Crippen MR) is 184 cm³/mol. The van der Waals surface area contributed by atoms with Crippen LogP contribution in [0, 0.1) is 17.1 Å². The van der Waals surface area contributed by atoms with E-state index >= 15 is 0 Å². The van der Waals surface area contributed by atoms with Crippen LogP contribution in [-0.2, 0) is 26.1 Å². The number of halogens is 1. The van der Waals surface area contributed by atoms with Crippen LogP contribution in [0.25, 0.3) is 5.65 Å². The first kappa shape index (κ1) is 34.8. The number of nitriles is 1. The summed E-state index contributed by atoms with van der Waals surface area (Å²) < 4.78 is 27.2. The molecular formula is C37H48FN7O4. The van der Waals surface area contributed by atoms with Crippen LogP contribution in [0.4, 0.5) is 14.9 Å². The fraction of sp³-hybridized carbons (Fsp3) is 0.568. The Morgan fingerprint density at radius 3 is 2.53 bits per heavy atom. The molecule has 3 aromatic rings. The van der Waals surface area contributed by atoms with Crippen molar-refractivity contribution in [2.24, 2.45) is 0 Å². The second-order valence-corrected chi connectivity index (χ2v) is 15.5. The number of imidazole rings is 1. The van der Waals surface area contributed by atoms with Gasteiger partial charge < -0.3 is 19.3 Å². The third-order valence-corrected chi connectivity index (χ3v) is 9.87. The molecule has 2 fully saturated rings. The van der Waals surface area contributed by atoms with E-state index in [-0.39, 0.29) is 42.5 Å². The number of carbonyl (C=O) groups is 2. The smallest absolute Gasteiger partial charge is 0.410 e. The minimum absolute atomic E-state index is 0.0301. The molecule has 11 nitrogen and oxygen atoms in total. The van der Waals surface area contributed by atoms with Crippen LogP contribution >= 0.6 is 0 Å². The summed E-state index contributed by atoms with van der Waals surface area (Å²) in [4.78, 5) is 40.7. The molecule has 0 N–H and O–H groups in total. The van der Waals surface area contributed by atoms with Crippen molar-refractivity contribution < 1.29 is 23.5 Å². The number of carbonyl (C=O) groups excluding carboxylic acids is 2. The van der Waals surface area contributed by atoms with Gasteiger partial charge in [0.15, 0.2) is 5.69 Å². The Hall–Kier alpha value is -4.05. The van der Waals surface area contributed by atoms with Gasteiger partial charge in [-0.3, -0.25) is 19.0 Å². The molecule has 3 atom stereocenters. The number of amides is 2. The molecule has 2 aromatic heterocycles. The number of nitrogens with zero attached hydrogens (tertiary/aromatic N) is 7. The number of anilines is 1. The molecule has 0 spiro atoms. The van der Waals surface area contributed by atoms with Crippen molar-refractivity contribution in [2.75, 3.05) is 57.4 Å². The number of fused-ring (bicyclic) bond motifs is 3. The minimum Gasteiger partial charge on any atom is -0.444 e. The van der Waals surface area contributed by atoms with Gasteiger partial charge in [-0.05, 0) is 58.4 Å². The first-order chi connectivity index (χ1) is 23.1. The summed E-state index contributed by atoms with van der Waals surface area (Å²) in [6.07, 6.45) is 1.87. The van der Waals surface area contributed by atoms with Crippen LogP contribution in [-0.4, -0.2) is 112 Å². The summed E-state index contributed by atoms with van der Waals surface area (Å²) in [5, 5.41) is 9.76. The van der Waals surface area contributed by atoms with Gasteiger partial charge in [0.25, 0.3) is 0 Å². The monoisotopic (exact) mass is 673 g/mol. The predicted octanol–water partition coefficient (Wildman–Crippen LogP) is 4.59. The first-order valence-electron chi connectivity index (χ1n) is 17.2. The van der Waals surface area contributed by atoms with E-state index in [4.69, 9.17) is 9.47 Å². The molecule has 1 aromatic carbocycles. The molecule has 6 rings (SSSR count). The Morgan fingerprint density at radius 1 is 1.12 bits per heavy atom. The molecule has 262 valence electrons. The Labute approximate surface area is 288 Å². The number of pyridine rings is 1. The summed E-state index contributed by atoms with van der Waals surface area (Å²) >= 11 is 0. The number of rotatable bonds is 6. The highest BCUT2D eigenvalue weighted by molar-refractivity contribution is 5.98. The van der Waals surface area contributed by atoms with Gasteiger partial charge in [0.05, 0.1) is 31.1 Å². The number of piperazine rings is 1. The van der Waals surface area contributed by atoms with E-state index < -0.39 is 11.0 Å². The topological polar surface area (TPSA) is 107 Å². The van der Waals surface area contributed by atoms with E-state index in [1.807, 2.05) is 43.1 Å². The maximum absolute atomic E-state index is 14.5. The van der Waals surface area contributed by atoms with E-state index in [0.29, 0.717) is 57.2 Å². The second kappa shape index (κ2) is 13.3. The Bertz CT molecular complexity index is 1760. The molecule has 3 aliphatic heterocycles. The van der Waals surface area contributed by atoms with E-state index in [1.165, 1.54) is 12.1 Å². The second-order valence-electron chi connectivity index (χ2n) is 15.5. The van der Waals surface area contributed by atoms with Crippen molar-refractivity contribution in [3.63, 3.8) is 0 Å². The maximum atomic E-state index is 14.5.